The molecule has 176 valence electrons. The SMILES string of the molecule is CC(=O)Cl.CC(=O)Oc1ccc(NC=O)c([N+](=O)[O-])c1.O=CNc1ccc(O)cc1[N+](=O)[O-]. The number of ether oxygens (including phenoxy) is 1. The number of halogens is 1. The van der Waals surface area contributed by atoms with Gasteiger partial charge in [-0.3, -0.25) is 39.4 Å². The van der Waals surface area contributed by atoms with E-state index in [4.69, 9.17) is 5.11 Å². The number of phenolic OH excluding ortho intramolecular Hbond substituents is 1. The molecule has 0 heterocycles. The lowest BCUT2D eigenvalue weighted by molar-refractivity contribution is -0.384. The number of esters is 1. The van der Waals surface area contributed by atoms with E-state index >= 15 is 0 Å². The lowest BCUT2D eigenvalue weighted by Crippen LogP contribution is -2.03. The third kappa shape index (κ3) is 11.4. The first-order valence-electron chi connectivity index (χ1n) is 8.43. The van der Waals surface area contributed by atoms with Gasteiger partial charge in [-0.15, -0.1) is 0 Å². The van der Waals surface area contributed by atoms with Gasteiger partial charge in [0.1, 0.15) is 22.9 Å². The molecule has 0 spiro atoms. The summed E-state index contributed by atoms with van der Waals surface area (Å²) in [7, 11) is 0. The number of aromatic hydroxyl groups is 1. The zero-order valence-corrected chi connectivity index (χ0v) is 17.8. The fraction of sp³-hybridized carbons (Fsp3) is 0.111. The van der Waals surface area contributed by atoms with Crippen molar-refractivity contribution in [1.29, 1.82) is 0 Å². The zero-order valence-electron chi connectivity index (χ0n) is 17.0. The van der Waals surface area contributed by atoms with Crippen LogP contribution in [-0.2, 0) is 19.2 Å². The van der Waals surface area contributed by atoms with Crippen molar-refractivity contribution < 1.29 is 38.9 Å². The first-order chi connectivity index (χ1) is 15.4. The summed E-state index contributed by atoms with van der Waals surface area (Å²) in [5.74, 6) is -0.746. The second-order valence-electron chi connectivity index (χ2n) is 5.48. The molecule has 0 aliphatic carbocycles. The lowest BCUT2D eigenvalue weighted by Gasteiger charge is -2.04. The molecule has 15 heteroatoms. The summed E-state index contributed by atoms with van der Waals surface area (Å²) in [5, 5.41) is 33.9. The number of nitro groups is 2. The molecule has 0 atom stereocenters. The minimum absolute atomic E-state index is 0.0379. The standard InChI is InChI=1S/C9H8N2O5.C7H6N2O4.C2H3ClO/c1-6(13)16-7-2-3-8(10-5-12)9(4-7)11(14)15;10-4-8-6-2-1-5(11)3-7(6)9(12)13;1-2(3)4/h2-5H,1H3,(H,10,12);1-4,11H,(H,8,10);1H3. The summed E-state index contributed by atoms with van der Waals surface area (Å²) in [6, 6.07) is 7.16. The highest BCUT2D eigenvalue weighted by atomic mass is 35.5. The average Bonchev–Trinajstić information content (AvgIpc) is 2.70. The number of rotatable bonds is 7. The Bertz CT molecular complexity index is 1040. The van der Waals surface area contributed by atoms with E-state index in [1.807, 2.05) is 0 Å². The van der Waals surface area contributed by atoms with E-state index in [1.54, 1.807) is 0 Å². The van der Waals surface area contributed by atoms with Crippen LogP contribution in [0.3, 0.4) is 0 Å². The summed E-state index contributed by atoms with van der Waals surface area (Å²) in [4.78, 5) is 59.7. The van der Waals surface area contributed by atoms with Gasteiger partial charge in [0.05, 0.1) is 22.0 Å². The molecule has 0 radical (unpaired) electrons. The Morgan fingerprint density at radius 2 is 1.36 bits per heavy atom. The normalized spacial score (nSPS) is 8.94. The van der Waals surface area contributed by atoms with Crippen LogP contribution in [0.25, 0.3) is 0 Å². The van der Waals surface area contributed by atoms with Crippen molar-refractivity contribution in [3.05, 3.63) is 56.6 Å². The summed E-state index contributed by atoms with van der Waals surface area (Å²) in [6.45, 7) is 2.48. The number of nitrogens with zero attached hydrogens (tertiary/aromatic N) is 2. The van der Waals surface area contributed by atoms with Gasteiger partial charge in [0.2, 0.25) is 18.1 Å². The van der Waals surface area contributed by atoms with Gasteiger partial charge in [-0.2, -0.15) is 0 Å². The topological polar surface area (TPSA) is 208 Å². The zero-order chi connectivity index (χ0) is 25.6. The largest absolute Gasteiger partial charge is 0.508 e. The third-order valence-electron chi connectivity index (χ3n) is 3.03. The Morgan fingerprint density at radius 1 is 0.939 bits per heavy atom. The molecule has 2 amide bonds. The summed E-state index contributed by atoms with van der Waals surface area (Å²) >= 11 is 4.64. The van der Waals surface area contributed by atoms with Crippen molar-refractivity contribution in [2.45, 2.75) is 13.8 Å². The third-order valence-corrected chi connectivity index (χ3v) is 3.03. The molecule has 33 heavy (non-hydrogen) atoms. The second kappa shape index (κ2) is 14.4. The molecule has 2 rings (SSSR count). The molecule has 2 aromatic rings. The fourth-order valence-corrected chi connectivity index (χ4v) is 1.93. The van der Waals surface area contributed by atoms with E-state index < -0.39 is 15.8 Å². The number of benzene rings is 2. The Balaban J connectivity index is 0.000000542. The minimum atomic E-state index is -0.689. The quantitative estimate of drug-likeness (QED) is 0.0994. The smallest absolute Gasteiger partial charge is 0.308 e. The van der Waals surface area contributed by atoms with Gasteiger partial charge in [0.25, 0.3) is 11.4 Å². The van der Waals surface area contributed by atoms with Crippen LogP contribution >= 0.6 is 11.6 Å². The maximum absolute atomic E-state index is 10.6. The molecule has 0 bridgehead atoms. The van der Waals surface area contributed by atoms with E-state index in [9.17, 15) is 39.4 Å². The van der Waals surface area contributed by atoms with E-state index in [2.05, 4.69) is 27.0 Å². The highest BCUT2D eigenvalue weighted by molar-refractivity contribution is 6.62. The Hall–Kier alpha value is -4.59. The molecule has 14 nitrogen and oxygen atoms in total. The Kier molecular flexibility index (Phi) is 12.4. The van der Waals surface area contributed by atoms with Gasteiger partial charge in [0.15, 0.2) is 0 Å². The van der Waals surface area contributed by atoms with Gasteiger partial charge in [-0.05, 0) is 35.9 Å². The van der Waals surface area contributed by atoms with Gasteiger partial charge in [0, 0.05) is 13.8 Å². The van der Waals surface area contributed by atoms with Crippen molar-refractivity contribution >= 4 is 58.4 Å². The van der Waals surface area contributed by atoms with Crippen molar-refractivity contribution in [3.63, 3.8) is 0 Å². The Morgan fingerprint density at radius 3 is 1.76 bits per heavy atom. The number of hydrogen-bond donors (Lipinski definition) is 3. The molecule has 0 saturated heterocycles. The highest BCUT2D eigenvalue weighted by Gasteiger charge is 2.15. The monoisotopic (exact) mass is 484 g/mol. The van der Waals surface area contributed by atoms with Gasteiger partial charge in [-0.1, -0.05) is 0 Å². The number of carbonyl (C=O) groups excluding carboxylic acids is 4. The number of nitro benzene ring substituents is 2. The van der Waals surface area contributed by atoms with Crippen molar-refractivity contribution in [3.8, 4) is 11.5 Å². The van der Waals surface area contributed by atoms with Gasteiger partial charge < -0.3 is 20.5 Å². The van der Waals surface area contributed by atoms with Crippen LogP contribution in [0.5, 0.6) is 11.5 Å². The van der Waals surface area contributed by atoms with Crippen molar-refractivity contribution in [2.75, 3.05) is 10.6 Å². The summed E-state index contributed by atoms with van der Waals surface area (Å²) < 4.78 is 4.68. The first-order valence-corrected chi connectivity index (χ1v) is 8.81. The Labute approximate surface area is 190 Å². The summed E-state index contributed by atoms with van der Waals surface area (Å²) in [6.07, 6.45) is 0.660. The van der Waals surface area contributed by atoms with Crippen LogP contribution in [0.1, 0.15) is 13.8 Å². The second-order valence-corrected chi connectivity index (χ2v) is 6.02. The average molecular weight is 485 g/mol. The molecule has 0 aliphatic heterocycles. The van der Waals surface area contributed by atoms with Gasteiger partial charge in [-0.25, -0.2) is 0 Å². The molecule has 3 N–H and O–H groups in total. The van der Waals surface area contributed by atoms with Crippen LogP contribution in [0.4, 0.5) is 22.7 Å². The van der Waals surface area contributed by atoms with Crippen LogP contribution in [0.15, 0.2) is 36.4 Å². The number of anilines is 2. The molecule has 0 fully saturated rings. The van der Waals surface area contributed by atoms with Crippen LogP contribution < -0.4 is 15.4 Å². The van der Waals surface area contributed by atoms with E-state index in [1.165, 1.54) is 38.1 Å². The molecule has 0 aliphatic rings. The van der Waals surface area contributed by atoms with Crippen molar-refractivity contribution in [2.24, 2.45) is 0 Å². The van der Waals surface area contributed by atoms with Crippen molar-refractivity contribution in [1.82, 2.24) is 0 Å². The predicted octanol–water partition coefficient (Wildman–Crippen LogP) is 2.73. The predicted molar refractivity (Wildman–Crippen MR) is 115 cm³/mol. The molecular weight excluding hydrogens is 468 g/mol. The van der Waals surface area contributed by atoms with Crippen LogP contribution in [-0.4, -0.2) is 39.0 Å². The minimum Gasteiger partial charge on any atom is -0.508 e. The number of phenols is 1. The van der Waals surface area contributed by atoms with Gasteiger partial charge >= 0.3 is 5.97 Å². The number of amides is 2. The molecule has 0 saturated carbocycles. The summed E-state index contributed by atoms with van der Waals surface area (Å²) in [5.41, 5.74) is -0.591. The molecule has 0 aromatic heterocycles. The first kappa shape index (κ1) is 28.4. The molecule has 2 aromatic carbocycles. The van der Waals surface area contributed by atoms with E-state index in [-0.39, 0.29) is 39.5 Å². The number of carbonyl (C=O) groups is 4. The maximum Gasteiger partial charge on any atom is 0.308 e. The van der Waals surface area contributed by atoms with E-state index in [0.29, 0.717) is 12.8 Å². The van der Waals surface area contributed by atoms with Crippen LogP contribution in [0.2, 0.25) is 0 Å². The maximum atomic E-state index is 10.6. The number of hydrogen-bond acceptors (Lipinski definition) is 10. The van der Waals surface area contributed by atoms with E-state index in [0.717, 1.165) is 12.1 Å². The lowest BCUT2D eigenvalue weighted by atomic mass is 10.2. The molecular formula is C18H17ClN4O10. The highest BCUT2D eigenvalue weighted by Crippen LogP contribution is 2.29. The fourth-order valence-electron chi connectivity index (χ4n) is 1.93. The molecule has 0 unspecified atom stereocenters. The van der Waals surface area contributed by atoms with Crippen LogP contribution in [0, 0.1) is 20.2 Å². The number of nitrogens with one attached hydrogen (secondary N) is 2.